The van der Waals surface area contributed by atoms with E-state index in [-0.39, 0.29) is 0 Å². The number of hydrogen-bond donors (Lipinski definition) is 1. The Balaban J connectivity index is 2.13. The molecule has 0 aromatic carbocycles. The monoisotopic (exact) mass is 225 g/mol. The molecule has 0 spiro atoms. The Labute approximate surface area is 100 Å². The molecule has 94 valence electrons. The number of hydrogen-bond acceptors (Lipinski definition) is 2. The Bertz CT molecular complexity index is 259. The van der Waals surface area contributed by atoms with Crippen LogP contribution in [0.25, 0.3) is 0 Å². The fourth-order valence-corrected chi connectivity index (χ4v) is 4.83. The van der Waals surface area contributed by atoms with Crippen molar-refractivity contribution in [2.24, 2.45) is 16.7 Å². The van der Waals surface area contributed by atoms with Crippen molar-refractivity contribution in [3.05, 3.63) is 0 Å². The number of fused-ring (bicyclic) bond motifs is 2. The maximum Gasteiger partial charge on any atom is 0.0443 e. The summed E-state index contributed by atoms with van der Waals surface area (Å²) < 4.78 is 0. The molecule has 0 aromatic heterocycles. The van der Waals surface area contributed by atoms with Crippen LogP contribution in [-0.4, -0.2) is 36.2 Å². The van der Waals surface area contributed by atoms with Crippen LogP contribution in [0.15, 0.2) is 0 Å². The molecular weight excluding hydrogens is 198 g/mol. The smallest absolute Gasteiger partial charge is 0.0443 e. The molecule has 2 fully saturated rings. The first-order valence-corrected chi connectivity index (χ1v) is 6.73. The maximum absolute atomic E-state index is 8.96. The first-order chi connectivity index (χ1) is 7.42. The van der Waals surface area contributed by atoms with Crippen molar-refractivity contribution in [3.8, 4) is 0 Å². The lowest BCUT2D eigenvalue weighted by molar-refractivity contribution is 0.0168. The van der Waals surface area contributed by atoms with Gasteiger partial charge in [-0.15, -0.1) is 0 Å². The largest absolute Gasteiger partial charge is 0.396 e. The zero-order valence-electron chi connectivity index (χ0n) is 11.3. The Morgan fingerprint density at radius 3 is 2.50 bits per heavy atom. The molecule has 2 rings (SSSR count). The molecule has 2 bridgehead atoms. The maximum atomic E-state index is 8.96. The van der Waals surface area contributed by atoms with E-state index >= 15 is 0 Å². The van der Waals surface area contributed by atoms with Gasteiger partial charge in [-0.05, 0) is 49.5 Å². The molecule has 0 radical (unpaired) electrons. The molecule has 2 saturated carbocycles. The summed E-state index contributed by atoms with van der Waals surface area (Å²) in [4.78, 5) is 2.51. The second-order valence-corrected chi connectivity index (χ2v) is 6.88. The standard InChI is InChI=1S/C14H27NO/c1-13(2)11-6-7-14(3,10-11)12(13)15(4)8-5-9-16/h11-12,16H,5-10H2,1-4H3. The first-order valence-electron chi connectivity index (χ1n) is 6.73. The van der Waals surface area contributed by atoms with Gasteiger partial charge in [0.25, 0.3) is 0 Å². The third kappa shape index (κ3) is 1.70. The van der Waals surface area contributed by atoms with Crippen molar-refractivity contribution in [1.29, 1.82) is 0 Å². The summed E-state index contributed by atoms with van der Waals surface area (Å²) in [7, 11) is 2.24. The van der Waals surface area contributed by atoms with Crippen LogP contribution in [0.1, 0.15) is 46.5 Å². The molecule has 2 heteroatoms. The van der Waals surface area contributed by atoms with Gasteiger partial charge in [0.1, 0.15) is 0 Å². The Morgan fingerprint density at radius 2 is 2.00 bits per heavy atom. The van der Waals surface area contributed by atoms with Gasteiger partial charge in [-0.2, -0.15) is 0 Å². The highest BCUT2D eigenvalue weighted by Crippen LogP contribution is 2.63. The second-order valence-electron chi connectivity index (χ2n) is 6.88. The van der Waals surface area contributed by atoms with Gasteiger partial charge in [-0.3, -0.25) is 0 Å². The molecule has 0 amide bonds. The Morgan fingerprint density at radius 1 is 1.31 bits per heavy atom. The van der Waals surface area contributed by atoms with Gasteiger partial charge in [0, 0.05) is 19.2 Å². The molecule has 3 atom stereocenters. The highest BCUT2D eigenvalue weighted by Gasteiger charge is 2.60. The summed E-state index contributed by atoms with van der Waals surface area (Å²) in [5.41, 5.74) is 0.982. The summed E-state index contributed by atoms with van der Waals surface area (Å²) in [5.74, 6) is 0.916. The fraction of sp³-hybridized carbons (Fsp3) is 1.00. The third-order valence-electron chi connectivity index (χ3n) is 5.30. The minimum Gasteiger partial charge on any atom is -0.396 e. The van der Waals surface area contributed by atoms with E-state index in [0.717, 1.165) is 18.9 Å². The molecule has 1 N–H and O–H groups in total. The fourth-order valence-electron chi connectivity index (χ4n) is 4.83. The molecule has 16 heavy (non-hydrogen) atoms. The van der Waals surface area contributed by atoms with Gasteiger partial charge >= 0.3 is 0 Å². The number of rotatable bonds is 4. The van der Waals surface area contributed by atoms with Crippen molar-refractivity contribution in [1.82, 2.24) is 4.90 Å². The lowest BCUT2D eigenvalue weighted by Gasteiger charge is -2.47. The minimum absolute atomic E-state index is 0.317. The quantitative estimate of drug-likeness (QED) is 0.794. The van der Waals surface area contributed by atoms with Crippen LogP contribution in [0.2, 0.25) is 0 Å². The Kier molecular flexibility index (Phi) is 3.09. The predicted molar refractivity (Wildman–Crippen MR) is 67.3 cm³/mol. The van der Waals surface area contributed by atoms with E-state index in [4.69, 9.17) is 5.11 Å². The summed E-state index contributed by atoms with van der Waals surface area (Å²) >= 11 is 0. The SMILES string of the molecule is CN(CCCO)C1C2(C)CCC(C2)C1(C)C. The third-order valence-corrected chi connectivity index (χ3v) is 5.30. The molecule has 2 aliphatic rings. The van der Waals surface area contributed by atoms with E-state index in [1.807, 2.05) is 0 Å². The van der Waals surface area contributed by atoms with E-state index in [1.54, 1.807) is 0 Å². The van der Waals surface area contributed by atoms with Gasteiger partial charge < -0.3 is 10.0 Å². The molecule has 3 unspecified atom stereocenters. The van der Waals surface area contributed by atoms with E-state index < -0.39 is 0 Å². The van der Waals surface area contributed by atoms with Crippen LogP contribution in [0.4, 0.5) is 0 Å². The van der Waals surface area contributed by atoms with Crippen molar-refractivity contribution in [2.75, 3.05) is 20.2 Å². The van der Waals surface area contributed by atoms with E-state index in [9.17, 15) is 0 Å². The lowest BCUT2D eigenvalue weighted by atomic mass is 9.68. The zero-order chi connectivity index (χ0) is 12.0. The lowest BCUT2D eigenvalue weighted by Crippen LogP contribution is -2.51. The van der Waals surface area contributed by atoms with E-state index in [0.29, 0.717) is 23.5 Å². The van der Waals surface area contributed by atoms with Gasteiger partial charge in [0.15, 0.2) is 0 Å². The highest BCUT2D eigenvalue weighted by atomic mass is 16.3. The van der Waals surface area contributed by atoms with Crippen LogP contribution >= 0.6 is 0 Å². The minimum atomic E-state index is 0.317. The second kappa shape index (κ2) is 3.99. The average Bonchev–Trinajstić information content (AvgIpc) is 2.65. The molecule has 2 nitrogen and oxygen atoms in total. The molecule has 0 aromatic rings. The number of nitrogens with zero attached hydrogens (tertiary/aromatic N) is 1. The summed E-state index contributed by atoms with van der Waals surface area (Å²) in [6, 6.07) is 0.699. The predicted octanol–water partition coefficient (Wildman–Crippen LogP) is 2.52. The molecule has 2 aliphatic carbocycles. The average molecular weight is 225 g/mol. The number of aliphatic hydroxyl groups is 1. The van der Waals surface area contributed by atoms with Gasteiger partial charge in [0.2, 0.25) is 0 Å². The van der Waals surface area contributed by atoms with Crippen LogP contribution in [0.3, 0.4) is 0 Å². The van der Waals surface area contributed by atoms with Gasteiger partial charge in [0.05, 0.1) is 0 Å². The normalized spacial score (nSPS) is 40.9. The van der Waals surface area contributed by atoms with Crippen LogP contribution in [0.5, 0.6) is 0 Å². The van der Waals surface area contributed by atoms with Crippen LogP contribution < -0.4 is 0 Å². The van der Waals surface area contributed by atoms with Gasteiger partial charge in [-0.25, -0.2) is 0 Å². The topological polar surface area (TPSA) is 23.5 Å². The molecule has 0 saturated heterocycles. The van der Waals surface area contributed by atoms with Crippen molar-refractivity contribution < 1.29 is 5.11 Å². The van der Waals surface area contributed by atoms with E-state index in [1.165, 1.54) is 19.3 Å². The van der Waals surface area contributed by atoms with Crippen LogP contribution in [0, 0.1) is 16.7 Å². The first kappa shape index (κ1) is 12.4. The number of aliphatic hydroxyl groups excluding tert-OH is 1. The van der Waals surface area contributed by atoms with E-state index in [2.05, 4.69) is 32.7 Å². The van der Waals surface area contributed by atoms with Crippen molar-refractivity contribution >= 4 is 0 Å². The molecule has 0 heterocycles. The van der Waals surface area contributed by atoms with Crippen molar-refractivity contribution in [3.63, 3.8) is 0 Å². The molecular formula is C14H27NO. The van der Waals surface area contributed by atoms with Crippen molar-refractivity contribution in [2.45, 2.75) is 52.5 Å². The Hall–Kier alpha value is -0.0800. The summed E-state index contributed by atoms with van der Waals surface area (Å²) in [6.07, 6.45) is 5.14. The molecule has 0 aliphatic heterocycles. The zero-order valence-corrected chi connectivity index (χ0v) is 11.3. The summed E-state index contributed by atoms with van der Waals surface area (Å²) in [5, 5.41) is 8.96. The highest BCUT2D eigenvalue weighted by molar-refractivity contribution is 5.12. The van der Waals surface area contributed by atoms with Crippen LogP contribution in [-0.2, 0) is 0 Å². The van der Waals surface area contributed by atoms with Gasteiger partial charge in [-0.1, -0.05) is 20.8 Å². The summed E-state index contributed by atoms with van der Waals surface area (Å²) in [6.45, 7) is 8.72.